The molecule has 0 N–H and O–H groups in total. The number of nitrogens with zero attached hydrogens (tertiary/aromatic N) is 2. The van der Waals surface area contributed by atoms with Crippen molar-refractivity contribution in [3.05, 3.63) is 205 Å². The van der Waals surface area contributed by atoms with Gasteiger partial charge in [-0.3, -0.25) is 0 Å². The molecule has 0 saturated carbocycles. The summed E-state index contributed by atoms with van der Waals surface area (Å²) in [5.41, 5.74) is 18.5. The summed E-state index contributed by atoms with van der Waals surface area (Å²) in [5, 5.41) is 2.21. The van der Waals surface area contributed by atoms with Crippen molar-refractivity contribution in [2.45, 2.75) is 19.3 Å². The van der Waals surface area contributed by atoms with Gasteiger partial charge in [0, 0.05) is 32.9 Å². The Morgan fingerprint density at radius 3 is 1.76 bits per heavy atom. The Hall–Kier alpha value is -7.36. The van der Waals surface area contributed by atoms with Crippen molar-refractivity contribution in [3.8, 4) is 78.4 Å². The molecule has 274 valence electrons. The zero-order valence-electron chi connectivity index (χ0n) is 32.3. The van der Waals surface area contributed by atoms with Crippen molar-refractivity contribution in [1.82, 2.24) is 9.97 Å². The van der Waals surface area contributed by atoms with Gasteiger partial charge in [0.25, 0.3) is 0 Å². The highest BCUT2D eigenvalue weighted by Gasteiger charge is 2.35. The summed E-state index contributed by atoms with van der Waals surface area (Å²) in [6.45, 7) is 4.65. The van der Waals surface area contributed by atoms with Gasteiger partial charge in [0.15, 0.2) is 5.82 Å². The summed E-state index contributed by atoms with van der Waals surface area (Å²) in [7, 11) is 0. The van der Waals surface area contributed by atoms with E-state index in [1.165, 1.54) is 33.4 Å². The third kappa shape index (κ3) is 5.66. The number of benzene rings is 8. The van der Waals surface area contributed by atoms with E-state index in [4.69, 9.17) is 14.4 Å². The normalized spacial score (nSPS) is 12.8. The molecule has 2 aromatic heterocycles. The Morgan fingerprint density at radius 2 is 0.931 bits per heavy atom. The van der Waals surface area contributed by atoms with Gasteiger partial charge in [0.1, 0.15) is 11.2 Å². The maximum atomic E-state index is 6.38. The van der Waals surface area contributed by atoms with Crippen molar-refractivity contribution in [1.29, 1.82) is 0 Å². The molecule has 3 nitrogen and oxygen atoms in total. The highest BCUT2D eigenvalue weighted by atomic mass is 16.3. The Labute approximate surface area is 338 Å². The first-order chi connectivity index (χ1) is 28.5. The fourth-order valence-corrected chi connectivity index (χ4v) is 8.94. The summed E-state index contributed by atoms with van der Waals surface area (Å²) in [6, 6.07) is 69.0. The van der Waals surface area contributed by atoms with Crippen LogP contribution < -0.4 is 0 Å². The third-order valence-electron chi connectivity index (χ3n) is 11.9. The number of rotatable bonds is 6. The molecule has 0 saturated heterocycles. The summed E-state index contributed by atoms with van der Waals surface area (Å²) >= 11 is 0. The van der Waals surface area contributed by atoms with E-state index in [2.05, 4.69) is 190 Å². The molecule has 0 amide bonds. The van der Waals surface area contributed by atoms with Crippen LogP contribution in [0, 0.1) is 0 Å². The number of hydrogen-bond acceptors (Lipinski definition) is 3. The minimum atomic E-state index is -0.129. The first-order valence-corrected chi connectivity index (χ1v) is 19.9. The van der Waals surface area contributed by atoms with Crippen molar-refractivity contribution < 1.29 is 4.42 Å². The van der Waals surface area contributed by atoms with Crippen LogP contribution in [0.15, 0.2) is 199 Å². The van der Waals surface area contributed by atoms with Gasteiger partial charge in [-0.25, -0.2) is 9.97 Å². The second kappa shape index (κ2) is 13.4. The number of fused-ring (bicyclic) bond motifs is 6. The van der Waals surface area contributed by atoms with Gasteiger partial charge in [0.2, 0.25) is 0 Å². The van der Waals surface area contributed by atoms with Crippen molar-refractivity contribution >= 4 is 21.9 Å². The Bertz CT molecular complexity index is 3190. The number of hydrogen-bond donors (Lipinski definition) is 0. The fraction of sp³-hybridized carbons (Fsp3) is 0.0545. The van der Waals surface area contributed by atoms with E-state index < -0.39 is 0 Å². The van der Waals surface area contributed by atoms with E-state index in [0.29, 0.717) is 5.82 Å². The topological polar surface area (TPSA) is 38.9 Å². The summed E-state index contributed by atoms with van der Waals surface area (Å²) in [5.74, 6) is 0.692. The maximum absolute atomic E-state index is 6.38. The Kier molecular flexibility index (Phi) is 7.84. The van der Waals surface area contributed by atoms with E-state index in [9.17, 15) is 0 Å². The van der Waals surface area contributed by atoms with Crippen molar-refractivity contribution in [2.24, 2.45) is 0 Å². The molecule has 1 aliphatic carbocycles. The molecule has 0 atom stereocenters. The SMILES string of the molecule is CC1(C)c2ccccc2-c2ccc(-c3cc(-c4cc(-c5cccc(-c6ccccc6)c5)cc(-c5cccc6oc7ccccc7c56)c4)nc(-c4ccccc4)n3)cc21. The van der Waals surface area contributed by atoms with Crippen LogP contribution in [-0.4, -0.2) is 9.97 Å². The highest BCUT2D eigenvalue weighted by Crippen LogP contribution is 2.50. The molecule has 0 unspecified atom stereocenters. The first-order valence-electron chi connectivity index (χ1n) is 19.9. The van der Waals surface area contributed by atoms with Crippen LogP contribution in [0.2, 0.25) is 0 Å². The van der Waals surface area contributed by atoms with Crippen LogP contribution in [0.4, 0.5) is 0 Å². The number of aromatic nitrogens is 2. The third-order valence-corrected chi connectivity index (χ3v) is 11.9. The van der Waals surface area contributed by atoms with Crippen LogP contribution in [-0.2, 0) is 5.41 Å². The van der Waals surface area contributed by atoms with Crippen LogP contribution in [0.1, 0.15) is 25.0 Å². The Morgan fingerprint density at radius 1 is 0.362 bits per heavy atom. The average Bonchev–Trinajstić information content (AvgIpc) is 3.78. The monoisotopic (exact) mass is 742 g/mol. The molecular weight excluding hydrogens is 705 g/mol. The number of furan rings is 1. The predicted molar refractivity (Wildman–Crippen MR) is 239 cm³/mol. The quantitative estimate of drug-likeness (QED) is 0.170. The van der Waals surface area contributed by atoms with Gasteiger partial charge in [-0.15, -0.1) is 0 Å². The van der Waals surface area contributed by atoms with E-state index in [-0.39, 0.29) is 5.41 Å². The lowest BCUT2D eigenvalue weighted by Gasteiger charge is -2.22. The van der Waals surface area contributed by atoms with Crippen LogP contribution >= 0.6 is 0 Å². The zero-order chi connectivity index (χ0) is 38.8. The summed E-state index contributed by atoms with van der Waals surface area (Å²) < 4.78 is 6.38. The molecule has 0 bridgehead atoms. The van der Waals surface area contributed by atoms with Crippen molar-refractivity contribution in [2.75, 3.05) is 0 Å². The molecule has 58 heavy (non-hydrogen) atoms. The predicted octanol–water partition coefficient (Wildman–Crippen LogP) is 14.7. The highest BCUT2D eigenvalue weighted by molar-refractivity contribution is 6.12. The van der Waals surface area contributed by atoms with Crippen LogP contribution in [0.5, 0.6) is 0 Å². The largest absolute Gasteiger partial charge is 0.456 e. The second-order valence-electron chi connectivity index (χ2n) is 15.8. The maximum Gasteiger partial charge on any atom is 0.160 e. The molecule has 3 heteroatoms. The average molecular weight is 743 g/mol. The van der Waals surface area contributed by atoms with E-state index in [0.717, 1.165) is 72.3 Å². The van der Waals surface area contributed by atoms with Crippen LogP contribution in [0.3, 0.4) is 0 Å². The molecule has 0 fully saturated rings. The summed E-state index contributed by atoms with van der Waals surface area (Å²) in [6.07, 6.45) is 0. The molecule has 10 aromatic rings. The molecule has 0 aliphatic heterocycles. The molecule has 8 aromatic carbocycles. The smallest absolute Gasteiger partial charge is 0.160 e. The fourth-order valence-electron chi connectivity index (χ4n) is 8.94. The van der Waals surface area contributed by atoms with Gasteiger partial charge >= 0.3 is 0 Å². The van der Waals surface area contributed by atoms with Crippen molar-refractivity contribution in [3.63, 3.8) is 0 Å². The lowest BCUT2D eigenvalue weighted by atomic mass is 9.82. The molecule has 0 radical (unpaired) electrons. The minimum Gasteiger partial charge on any atom is -0.456 e. The molecule has 0 spiro atoms. The number of para-hydroxylation sites is 1. The first kappa shape index (κ1) is 33.9. The molecule has 11 rings (SSSR count). The lowest BCUT2D eigenvalue weighted by molar-refractivity contribution is 0.660. The minimum absolute atomic E-state index is 0.129. The lowest BCUT2D eigenvalue weighted by Crippen LogP contribution is -2.14. The van der Waals surface area contributed by atoms with Gasteiger partial charge in [0.05, 0.1) is 11.4 Å². The van der Waals surface area contributed by atoms with Gasteiger partial charge < -0.3 is 4.42 Å². The Balaban J connectivity index is 1.14. The van der Waals surface area contributed by atoms with Gasteiger partial charge in [-0.1, -0.05) is 159 Å². The van der Waals surface area contributed by atoms with Gasteiger partial charge in [-0.05, 0) is 104 Å². The summed E-state index contributed by atoms with van der Waals surface area (Å²) in [4.78, 5) is 10.6. The molecule has 1 aliphatic rings. The zero-order valence-corrected chi connectivity index (χ0v) is 32.3. The molecule has 2 heterocycles. The van der Waals surface area contributed by atoms with E-state index >= 15 is 0 Å². The molecular formula is C55H38N2O. The van der Waals surface area contributed by atoms with Gasteiger partial charge in [-0.2, -0.15) is 0 Å². The van der Waals surface area contributed by atoms with E-state index in [1.54, 1.807) is 0 Å². The second-order valence-corrected chi connectivity index (χ2v) is 15.8. The van der Waals surface area contributed by atoms with E-state index in [1.807, 2.05) is 18.2 Å². The standard InChI is InChI=1S/C55H38N2O/c1-55(2)47-24-11-9-21-44(47)45-28-27-39(33-48(45)55)49-34-50(57-54(56-49)36-17-7-4-8-18-36)42-31-40(38-20-13-19-37(29-38)35-15-5-3-6-16-35)30-41(32-42)43-23-14-26-52-53(43)46-22-10-12-25-51(46)58-52/h3-34H,1-2H3. The van der Waals surface area contributed by atoms with Crippen LogP contribution in [0.25, 0.3) is 100 Å².